The van der Waals surface area contributed by atoms with E-state index in [2.05, 4.69) is 10.0 Å². The van der Waals surface area contributed by atoms with E-state index in [-0.39, 0.29) is 29.5 Å². The topological polar surface area (TPSA) is 135 Å². The fourth-order valence-electron chi connectivity index (χ4n) is 1.98. The van der Waals surface area contributed by atoms with Crippen LogP contribution in [0.1, 0.15) is 37.0 Å². The minimum absolute atomic E-state index is 0.00132. The zero-order valence-electron chi connectivity index (χ0n) is 15.9. The van der Waals surface area contributed by atoms with Crippen molar-refractivity contribution in [3.05, 3.63) is 29.8 Å². The minimum Gasteiger partial charge on any atom is -0.452 e. The maximum atomic E-state index is 12.0. The number of carbonyl (C=O) groups is 2. The Morgan fingerprint density at radius 1 is 1.18 bits per heavy atom. The zero-order chi connectivity index (χ0) is 21.0. The van der Waals surface area contributed by atoms with Crippen molar-refractivity contribution < 1.29 is 27.5 Å². The summed E-state index contributed by atoms with van der Waals surface area (Å²) in [4.78, 5) is 23.6. The number of benzene rings is 1. The number of nitriles is 1. The molecule has 0 heterocycles. The molecule has 0 fully saturated rings. The lowest BCUT2D eigenvalue weighted by molar-refractivity contribution is -0.124. The highest BCUT2D eigenvalue weighted by molar-refractivity contribution is 7.89. The minimum atomic E-state index is -3.75. The van der Waals surface area contributed by atoms with Crippen LogP contribution in [0.5, 0.6) is 0 Å². The molecule has 1 rings (SSSR count). The number of hydrogen-bond donors (Lipinski definition) is 2. The average Bonchev–Trinajstić information content (AvgIpc) is 2.65. The highest BCUT2D eigenvalue weighted by atomic mass is 32.2. The highest BCUT2D eigenvalue weighted by Gasteiger charge is 2.15. The van der Waals surface area contributed by atoms with Crippen LogP contribution in [0, 0.1) is 11.3 Å². The van der Waals surface area contributed by atoms with Crippen LogP contribution in [0.15, 0.2) is 29.2 Å². The Bertz CT molecular complexity index is 785. The van der Waals surface area contributed by atoms with Gasteiger partial charge in [0.2, 0.25) is 10.0 Å². The summed E-state index contributed by atoms with van der Waals surface area (Å²) in [6, 6.07) is 6.92. The Morgan fingerprint density at radius 2 is 1.86 bits per heavy atom. The van der Waals surface area contributed by atoms with Gasteiger partial charge in [0.05, 0.1) is 22.6 Å². The smallest absolute Gasteiger partial charge is 0.338 e. The largest absolute Gasteiger partial charge is 0.452 e. The highest BCUT2D eigenvalue weighted by Crippen LogP contribution is 2.11. The van der Waals surface area contributed by atoms with Crippen molar-refractivity contribution in [1.29, 1.82) is 5.26 Å². The average molecular weight is 411 g/mol. The maximum Gasteiger partial charge on any atom is 0.338 e. The molecule has 2 N–H and O–H groups in total. The van der Waals surface area contributed by atoms with Crippen molar-refractivity contribution >= 4 is 21.9 Å². The Labute approximate surface area is 165 Å². The molecule has 28 heavy (non-hydrogen) atoms. The number of ether oxygens (including phenoxy) is 2. The van der Waals surface area contributed by atoms with E-state index < -0.39 is 28.5 Å². The summed E-state index contributed by atoms with van der Waals surface area (Å²) in [7, 11) is -3.75. The van der Waals surface area contributed by atoms with E-state index in [0.717, 1.165) is 0 Å². The predicted octanol–water partition coefficient (Wildman–Crippen LogP) is 0.967. The van der Waals surface area contributed by atoms with E-state index >= 15 is 0 Å². The summed E-state index contributed by atoms with van der Waals surface area (Å²) < 4.78 is 36.5. The lowest BCUT2D eigenvalue weighted by Crippen LogP contribution is -2.30. The van der Waals surface area contributed by atoms with Crippen LogP contribution >= 0.6 is 0 Å². The summed E-state index contributed by atoms with van der Waals surface area (Å²) in [5.74, 6) is -1.17. The number of nitrogens with zero attached hydrogens (tertiary/aromatic N) is 1. The molecule has 0 aliphatic carbocycles. The lowest BCUT2D eigenvalue weighted by atomic mass is 10.2. The van der Waals surface area contributed by atoms with Gasteiger partial charge in [-0.15, -0.1) is 0 Å². The molecule has 1 aromatic rings. The van der Waals surface area contributed by atoms with Gasteiger partial charge in [-0.2, -0.15) is 5.26 Å². The number of sulfonamides is 1. The quantitative estimate of drug-likeness (QED) is 0.386. The lowest BCUT2D eigenvalue weighted by Gasteiger charge is -2.09. The molecule has 0 saturated heterocycles. The van der Waals surface area contributed by atoms with Crippen molar-refractivity contribution in [3.63, 3.8) is 0 Å². The van der Waals surface area contributed by atoms with E-state index in [1.54, 1.807) is 0 Å². The fourth-order valence-corrected chi connectivity index (χ4v) is 3.01. The van der Waals surface area contributed by atoms with Crippen LogP contribution in [-0.4, -0.2) is 52.7 Å². The number of esters is 1. The third-order valence-corrected chi connectivity index (χ3v) is 4.83. The molecule has 0 saturated carbocycles. The Kier molecular flexibility index (Phi) is 10.2. The van der Waals surface area contributed by atoms with Crippen LogP contribution in [-0.2, 0) is 24.3 Å². The molecule has 0 radical (unpaired) electrons. The third kappa shape index (κ3) is 8.94. The van der Waals surface area contributed by atoms with E-state index in [1.807, 2.05) is 19.9 Å². The van der Waals surface area contributed by atoms with Crippen molar-refractivity contribution in [2.24, 2.45) is 0 Å². The van der Waals surface area contributed by atoms with Crippen molar-refractivity contribution in [2.75, 3.05) is 26.3 Å². The van der Waals surface area contributed by atoms with Gasteiger partial charge in [-0.25, -0.2) is 17.9 Å². The SMILES string of the molecule is CC(C)OCCCNC(=O)COC(=O)c1ccc(S(=O)(=O)NCCC#N)cc1. The summed E-state index contributed by atoms with van der Waals surface area (Å²) in [6.45, 7) is 4.35. The van der Waals surface area contributed by atoms with Gasteiger partial charge < -0.3 is 14.8 Å². The number of hydrogen-bond acceptors (Lipinski definition) is 7. The van der Waals surface area contributed by atoms with Gasteiger partial charge in [-0.1, -0.05) is 0 Å². The molecule has 1 aromatic carbocycles. The van der Waals surface area contributed by atoms with E-state index in [1.165, 1.54) is 24.3 Å². The van der Waals surface area contributed by atoms with Gasteiger partial charge in [0, 0.05) is 26.1 Å². The first kappa shape index (κ1) is 23.6. The van der Waals surface area contributed by atoms with Crippen LogP contribution < -0.4 is 10.0 Å². The zero-order valence-corrected chi connectivity index (χ0v) is 16.8. The molecule has 0 unspecified atom stereocenters. The summed E-state index contributed by atoms with van der Waals surface area (Å²) in [6.07, 6.45) is 0.832. The molecule has 1 amide bonds. The number of nitrogens with one attached hydrogen (secondary N) is 2. The Morgan fingerprint density at radius 3 is 2.46 bits per heavy atom. The van der Waals surface area contributed by atoms with Crippen LogP contribution in [0.4, 0.5) is 0 Å². The monoisotopic (exact) mass is 411 g/mol. The van der Waals surface area contributed by atoms with Crippen molar-refractivity contribution in [1.82, 2.24) is 10.0 Å². The van der Waals surface area contributed by atoms with Crippen LogP contribution in [0.2, 0.25) is 0 Å². The second-order valence-electron chi connectivity index (χ2n) is 6.03. The third-order valence-electron chi connectivity index (χ3n) is 3.36. The van der Waals surface area contributed by atoms with Crippen LogP contribution in [0.3, 0.4) is 0 Å². The Balaban J connectivity index is 2.42. The van der Waals surface area contributed by atoms with E-state index in [4.69, 9.17) is 14.7 Å². The summed E-state index contributed by atoms with van der Waals surface area (Å²) in [5, 5.41) is 11.1. The van der Waals surface area contributed by atoms with Gasteiger partial charge in [0.25, 0.3) is 5.91 Å². The molecule has 154 valence electrons. The van der Waals surface area contributed by atoms with Gasteiger partial charge in [-0.3, -0.25) is 4.79 Å². The van der Waals surface area contributed by atoms with Crippen LogP contribution in [0.25, 0.3) is 0 Å². The Hall–Kier alpha value is -2.48. The molecular weight excluding hydrogens is 386 g/mol. The van der Waals surface area contributed by atoms with Gasteiger partial charge in [-0.05, 0) is 44.5 Å². The molecule has 10 heteroatoms. The molecule has 0 aliphatic rings. The first-order chi connectivity index (χ1) is 13.3. The summed E-state index contributed by atoms with van der Waals surface area (Å²) >= 11 is 0. The molecule has 0 atom stereocenters. The van der Waals surface area contributed by atoms with E-state index in [9.17, 15) is 18.0 Å². The molecular formula is C18H25N3O6S. The molecule has 0 spiro atoms. The summed E-state index contributed by atoms with van der Waals surface area (Å²) in [5.41, 5.74) is 0.120. The standard InChI is InChI=1S/C18H25N3O6S/c1-14(2)26-12-4-10-20-17(22)13-27-18(23)15-5-7-16(8-6-15)28(24,25)21-11-3-9-19/h5-8,14,21H,3-4,10-13H2,1-2H3,(H,20,22). The first-order valence-corrected chi connectivity index (χ1v) is 10.3. The molecule has 0 bridgehead atoms. The number of carbonyl (C=O) groups excluding carboxylic acids is 2. The molecule has 0 aliphatic heterocycles. The van der Waals surface area contributed by atoms with Crippen molar-refractivity contribution in [2.45, 2.75) is 37.7 Å². The van der Waals surface area contributed by atoms with Gasteiger partial charge >= 0.3 is 5.97 Å². The maximum absolute atomic E-state index is 12.0. The molecule has 9 nitrogen and oxygen atoms in total. The molecule has 0 aromatic heterocycles. The van der Waals surface area contributed by atoms with Gasteiger partial charge in [0.1, 0.15) is 0 Å². The fraction of sp³-hybridized carbons (Fsp3) is 0.500. The first-order valence-electron chi connectivity index (χ1n) is 8.78. The number of rotatable bonds is 12. The number of amides is 1. The normalized spacial score (nSPS) is 11.1. The second-order valence-corrected chi connectivity index (χ2v) is 7.80. The second kappa shape index (κ2) is 12.1. The predicted molar refractivity (Wildman–Crippen MR) is 101 cm³/mol. The van der Waals surface area contributed by atoms with E-state index in [0.29, 0.717) is 19.6 Å². The van der Waals surface area contributed by atoms with Gasteiger partial charge in [0.15, 0.2) is 6.61 Å². The van der Waals surface area contributed by atoms with Crippen molar-refractivity contribution in [3.8, 4) is 6.07 Å².